The zero-order chi connectivity index (χ0) is 13.0. The topological polar surface area (TPSA) is 32.3 Å². The van der Waals surface area contributed by atoms with Crippen LogP contribution in [0.2, 0.25) is 5.02 Å². The summed E-state index contributed by atoms with van der Waals surface area (Å²) in [5.41, 5.74) is 0.802. The monoisotopic (exact) mass is 327 g/mol. The molecule has 0 amide bonds. The van der Waals surface area contributed by atoms with Gasteiger partial charge in [-0.05, 0) is 24.6 Å². The molecule has 1 aromatic rings. The Balaban J connectivity index is 2.61. The van der Waals surface area contributed by atoms with Crippen LogP contribution in [0, 0.1) is 0 Å². The number of nitrogens with one attached hydrogen (secondary N) is 1. The summed E-state index contributed by atoms with van der Waals surface area (Å²) in [5.74, 6) is 0. The summed E-state index contributed by atoms with van der Waals surface area (Å²) in [5, 5.41) is 12.3. The van der Waals surface area contributed by atoms with Gasteiger partial charge in [-0.2, -0.15) is 0 Å². The highest BCUT2D eigenvalue weighted by atomic mass is 79.9. The van der Waals surface area contributed by atoms with Crippen LogP contribution in [-0.2, 0) is 0 Å². The van der Waals surface area contributed by atoms with Crippen LogP contribution in [0.5, 0.6) is 0 Å². The fourth-order valence-corrected chi connectivity index (χ4v) is 2.19. The summed E-state index contributed by atoms with van der Waals surface area (Å²) in [6.07, 6.45) is -4.40. The van der Waals surface area contributed by atoms with E-state index in [1.165, 1.54) is 0 Å². The Morgan fingerprint density at radius 2 is 2.12 bits per heavy atom. The lowest BCUT2D eigenvalue weighted by atomic mass is 10.1. The molecule has 17 heavy (non-hydrogen) atoms. The lowest BCUT2D eigenvalue weighted by molar-refractivity contribution is -0.00439. The Labute approximate surface area is 112 Å². The van der Waals surface area contributed by atoms with Crippen molar-refractivity contribution in [1.29, 1.82) is 0 Å². The first kappa shape index (κ1) is 14.8. The lowest BCUT2D eigenvalue weighted by Gasteiger charge is -2.18. The van der Waals surface area contributed by atoms with Gasteiger partial charge in [0.05, 0.1) is 0 Å². The summed E-state index contributed by atoms with van der Waals surface area (Å²) in [6.45, 7) is 1.62. The molecule has 0 radical (unpaired) electrons. The van der Waals surface area contributed by atoms with Crippen LogP contribution < -0.4 is 5.32 Å². The average Bonchev–Trinajstić information content (AvgIpc) is 2.25. The number of rotatable bonds is 5. The number of hydrogen-bond acceptors (Lipinski definition) is 2. The van der Waals surface area contributed by atoms with E-state index >= 15 is 0 Å². The summed E-state index contributed by atoms with van der Waals surface area (Å²) in [6, 6.07) is 5.16. The molecule has 0 bridgehead atoms. The third kappa shape index (κ3) is 4.50. The van der Waals surface area contributed by atoms with Gasteiger partial charge in [0.15, 0.2) is 0 Å². The van der Waals surface area contributed by atoms with Gasteiger partial charge < -0.3 is 10.4 Å². The van der Waals surface area contributed by atoms with E-state index in [1.807, 2.05) is 6.07 Å². The second kappa shape index (κ2) is 6.64. The summed E-state index contributed by atoms with van der Waals surface area (Å²) in [7, 11) is 0. The van der Waals surface area contributed by atoms with Gasteiger partial charge in [0.25, 0.3) is 6.43 Å². The van der Waals surface area contributed by atoms with E-state index in [9.17, 15) is 8.78 Å². The molecule has 1 aromatic carbocycles. The Morgan fingerprint density at radius 3 is 2.65 bits per heavy atom. The number of benzene rings is 1. The van der Waals surface area contributed by atoms with Crippen molar-refractivity contribution in [2.45, 2.75) is 25.5 Å². The van der Waals surface area contributed by atoms with Crippen molar-refractivity contribution in [2.75, 3.05) is 6.54 Å². The molecule has 0 fully saturated rings. The minimum atomic E-state index is -2.74. The summed E-state index contributed by atoms with van der Waals surface area (Å²) < 4.78 is 25.0. The maximum absolute atomic E-state index is 12.1. The smallest absolute Gasteiger partial charge is 0.265 e. The van der Waals surface area contributed by atoms with E-state index < -0.39 is 12.5 Å². The first-order valence-corrected chi connectivity index (χ1v) is 6.23. The second-order valence-electron chi connectivity index (χ2n) is 3.70. The van der Waals surface area contributed by atoms with Crippen LogP contribution in [-0.4, -0.2) is 24.2 Å². The molecule has 6 heteroatoms. The average molecular weight is 329 g/mol. The van der Waals surface area contributed by atoms with Gasteiger partial charge >= 0.3 is 0 Å². The molecule has 2 atom stereocenters. The van der Waals surface area contributed by atoms with E-state index in [-0.39, 0.29) is 12.6 Å². The molecule has 2 nitrogen and oxygen atoms in total. The third-order valence-corrected chi connectivity index (χ3v) is 3.17. The fourth-order valence-electron chi connectivity index (χ4n) is 1.35. The molecule has 0 aliphatic rings. The third-order valence-electron chi connectivity index (χ3n) is 2.35. The van der Waals surface area contributed by atoms with E-state index in [1.54, 1.807) is 19.1 Å². The maximum Gasteiger partial charge on any atom is 0.265 e. The molecule has 2 unspecified atom stereocenters. The lowest BCUT2D eigenvalue weighted by Crippen LogP contribution is -2.33. The van der Waals surface area contributed by atoms with E-state index in [2.05, 4.69) is 21.2 Å². The minimum absolute atomic E-state index is 0.175. The van der Waals surface area contributed by atoms with Gasteiger partial charge in [-0.1, -0.05) is 33.6 Å². The summed E-state index contributed by atoms with van der Waals surface area (Å²) >= 11 is 9.30. The van der Waals surface area contributed by atoms with Crippen LogP contribution in [0.1, 0.15) is 18.5 Å². The minimum Gasteiger partial charge on any atom is -0.386 e. The van der Waals surface area contributed by atoms with Gasteiger partial charge in [-0.15, -0.1) is 0 Å². The molecular formula is C11H13BrClF2NO. The first-order valence-electron chi connectivity index (χ1n) is 5.06. The molecular weight excluding hydrogens is 315 g/mol. The Kier molecular flexibility index (Phi) is 5.79. The first-order chi connectivity index (χ1) is 7.91. The number of aliphatic hydroxyl groups is 1. The van der Waals surface area contributed by atoms with E-state index in [0.717, 1.165) is 10.0 Å². The Morgan fingerprint density at radius 1 is 1.47 bits per heavy atom. The molecule has 0 spiro atoms. The van der Waals surface area contributed by atoms with Gasteiger partial charge in [-0.3, -0.25) is 0 Å². The number of hydrogen-bond donors (Lipinski definition) is 2. The molecule has 0 heterocycles. The number of halogens is 4. The highest BCUT2D eigenvalue weighted by molar-refractivity contribution is 9.10. The predicted octanol–water partition coefficient (Wildman–Crippen LogP) is 3.38. The molecule has 0 aliphatic carbocycles. The molecule has 0 saturated carbocycles. The molecule has 0 aromatic heterocycles. The standard InChI is InChI=1S/C11H13BrClF2NO/c1-6(16-5-10(17)11(14)15)8-3-2-7(12)4-9(8)13/h2-4,6,10-11,16-17H,5H2,1H3. The molecule has 0 aliphatic heterocycles. The van der Waals surface area contributed by atoms with Crippen molar-refractivity contribution in [3.05, 3.63) is 33.3 Å². The van der Waals surface area contributed by atoms with Gasteiger partial charge in [0.2, 0.25) is 0 Å². The highest BCUT2D eigenvalue weighted by Gasteiger charge is 2.18. The molecule has 96 valence electrons. The molecule has 1 rings (SSSR count). The van der Waals surface area contributed by atoms with E-state index in [0.29, 0.717) is 5.02 Å². The van der Waals surface area contributed by atoms with Crippen molar-refractivity contribution >= 4 is 27.5 Å². The predicted molar refractivity (Wildman–Crippen MR) is 67.6 cm³/mol. The Bertz CT molecular complexity index is 378. The van der Waals surface area contributed by atoms with Crippen LogP contribution >= 0.6 is 27.5 Å². The number of alkyl halides is 2. The normalized spacial score (nSPS) is 15.0. The van der Waals surface area contributed by atoms with Crippen molar-refractivity contribution in [2.24, 2.45) is 0 Å². The SMILES string of the molecule is CC(NCC(O)C(F)F)c1ccc(Br)cc1Cl. The van der Waals surface area contributed by atoms with Crippen LogP contribution in [0.4, 0.5) is 8.78 Å². The Hall–Kier alpha value is -0.230. The fraction of sp³-hybridized carbons (Fsp3) is 0.455. The highest BCUT2D eigenvalue weighted by Crippen LogP contribution is 2.26. The zero-order valence-corrected chi connectivity index (χ0v) is 11.5. The molecule has 0 saturated heterocycles. The van der Waals surface area contributed by atoms with Crippen molar-refractivity contribution < 1.29 is 13.9 Å². The van der Waals surface area contributed by atoms with Gasteiger partial charge in [-0.25, -0.2) is 8.78 Å². The van der Waals surface area contributed by atoms with Crippen LogP contribution in [0.3, 0.4) is 0 Å². The zero-order valence-electron chi connectivity index (χ0n) is 9.13. The van der Waals surface area contributed by atoms with Gasteiger partial charge in [0.1, 0.15) is 6.10 Å². The van der Waals surface area contributed by atoms with Crippen molar-refractivity contribution in [3.8, 4) is 0 Å². The quantitative estimate of drug-likeness (QED) is 0.868. The second-order valence-corrected chi connectivity index (χ2v) is 5.02. The largest absolute Gasteiger partial charge is 0.386 e. The number of aliphatic hydroxyl groups excluding tert-OH is 1. The summed E-state index contributed by atoms with van der Waals surface area (Å²) in [4.78, 5) is 0. The van der Waals surface area contributed by atoms with Crippen molar-refractivity contribution in [1.82, 2.24) is 5.32 Å². The van der Waals surface area contributed by atoms with Crippen LogP contribution in [0.25, 0.3) is 0 Å². The van der Waals surface area contributed by atoms with Gasteiger partial charge in [0, 0.05) is 22.1 Å². The van der Waals surface area contributed by atoms with Crippen LogP contribution in [0.15, 0.2) is 22.7 Å². The van der Waals surface area contributed by atoms with E-state index in [4.69, 9.17) is 16.7 Å². The van der Waals surface area contributed by atoms with Crippen molar-refractivity contribution in [3.63, 3.8) is 0 Å². The maximum atomic E-state index is 12.1. The molecule has 2 N–H and O–H groups in total.